The van der Waals surface area contributed by atoms with Gasteiger partial charge in [-0.05, 0) is 50.3 Å². The van der Waals surface area contributed by atoms with Gasteiger partial charge < -0.3 is 10.2 Å². The maximum atomic E-state index is 13.3. The van der Waals surface area contributed by atoms with Gasteiger partial charge in [0.2, 0.25) is 11.8 Å². The van der Waals surface area contributed by atoms with Crippen molar-refractivity contribution in [3.05, 3.63) is 70.8 Å². The molecule has 1 aliphatic rings. The number of nitrogens with one attached hydrogen (secondary N) is 1. The molecule has 3 rings (SSSR count). The topological polar surface area (TPSA) is 49.4 Å². The van der Waals surface area contributed by atoms with E-state index in [-0.39, 0.29) is 17.9 Å². The Balaban J connectivity index is 1.78. The fourth-order valence-electron chi connectivity index (χ4n) is 4.05. The van der Waals surface area contributed by atoms with E-state index < -0.39 is 6.04 Å². The van der Waals surface area contributed by atoms with E-state index in [0.717, 1.165) is 35.1 Å². The van der Waals surface area contributed by atoms with Gasteiger partial charge >= 0.3 is 0 Å². The number of rotatable bonds is 7. The van der Waals surface area contributed by atoms with Crippen LogP contribution in [0.1, 0.15) is 54.9 Å². The average molecular weight is 393 g/mol. The lowest BCUT2D eigenvalue weighted by molar-refractivity contribution is -0.140. The molecule has 0 saturated heterocycles. The molecule has 154 valence electrons. The second-order valence-electron chi connectivity index (χ2n) is 8.28. The Labute approximate surface area is 174 Å². The van der Waals surface area contributed by atoms with Gasteiger partial charge in [-0.2, -0.15) is 0 Å². The highest BCUT2D eigenvalue weighted by Gasteiger charge is 2.28. The van der Waals surface area contributed by atoms with E-state index in [1.54, 1.807) is 4.90 Å². The van der Waals surface area contributed by atoms with Crippen molar-refractivity contribution in [1.29, 1.82) is 0 Å². The van der Waals surface area contributed by atoms with E-state index in [9.17, 15) is 9.59 Å². The lowest BCUT2D eigenvalue weighted by atomic mass is 10.0. The molecule has 4 nitrogen and oxygen atoms in total. The van der Waals surface area contributed by atoms with E-state index in [1.807, 2.05) is 63.2 Å². The van der Waals surface area contributed by atoms with Crippen molar-refractivity contribution in [1.82, 2.24) is 10.2 Å². The number of carbonyl (C=O) groups excluding carboxylic acids is 2. The summed E-state index contributed by atoms with van der Waals surface area (Å²) in [5, 5.41) is 3.15. The Kier molecular flexibility index (Phi) is 7.08. The minimum absolute atomic E-state index is 0.0186. The van der Waals surface area contributed by atoms with E-state index in [2.05, 4.69) is 11.4 Å². The lowest BCUT2D eigenvalue weighted by Crippen LogP contribution is -2.50. The van der Waals surface area contributed by atoms with Crippen LogP contribution in [0.15, 0.2) is 48.5 Å². The van der Waals surface area contributed by atoms with Crippen molar-refractivity contribution >= 4 is 11.8 Å². The molecule has 1 N–H and O–H groups in total. The molecule has 0 aliphatic heterocycles. The van der Waals surface area contributed by atoms with Crippen molar-refractivity contribution in [2.45, 2.75) is 71.5 Å². The number of hydrogen-bond acceptors (Lipinski definition) is 2. The maximum Gasteiger partial charge on any atom is 0.242 e. The van der Waals surface area contributed by atoms with E-state index in [1.165, 1.54) is 12.8 Å². The number of nitrogens with zero attached hydrogens (tertiary/aromatic N) is 1. The van der Waals surface area contributed by atoms with Crippen LogP contribution >= 0.6 is 0 Å². The summed E-state index contributed by atoms with van der Waals surface area (Å²) < 4.78 is 0. The Bertz CT molecular complexity index is 855. The van der Waals surface area contributed by atoms with Gasteiger partial charge in [0, 0.05) is 12.6 Å². The predicted molar refractivity (Wildman–Crippen MR) is 116 cm³/mol. The molecule has 1 fully saturated rings. The van der Waals surface area contributed by atoms with E-state index in [4.69, 9.17) is 0 Å². The Morgan fingerprint density at radius 1 is 1.07 bits per heavy atom. The fourth-order valence-corrected chi connectivity index (χ4v) is 4.05. The normalized spacial score (nSPS) is 15.1. The van der Waals surface area contributed by atoms with Gasteiger partial charge in [0.1, 0.15) is 6.04 Å². The first kappa shape index (κ1) is 21.1. The third-order valence-electron chi connectivity index (χ3n) is 5.91. The fraction of sp³-hybridized carbons (Fsp3) is 0.440. The average Bonchev–Trinajstić information content (AvgIpc) is 3.20. The standard InChI is InChI=1S/C25H32N2O2/c1-18-9-8-11-21(15-18)17-27(20(3)25(29)26-23-13-6-7-14-23)24(28)16-22-12-5-4-10-19(22)2/h4-5,8-12,15,20,23H,6-7,13-14,16-17H2,1-3H3,(H,26,29). The highest BCUT2D eigenvalue weighted by molar-refractivity contribution is 5.88. The first-order valence-electron chi connectivity index (χ1n) is 10.6. The Morgan fingerprint density at radius 2 is 1.79 bits per heavy atom. The van der Waals surface area contributed by atoms with Gasteiger partial charge in [0.15, 0.2) is 0 Å². The van der Waals surface area contributed by atoms with Crippen LogP contribution in [-0.4, -0.2) is 28.8 Å². The first-order valence-corrected chi connectivity index (χ1v) is 10.6. The highest BCUT2D eigenvalue weighted by Crippen LogP contribution is 2.19. The van der Waals surface area contributed by atoms with Crippen molar-refractivity contribution in [3.8, 4) is 0 Å². The predicted octanol–water partition coefficient (Wildman–Crippen LogP) is 4.32. The zero-order valence-electron chi connectivity index (χ0n) is 17.8. The van der Waals surface area contributed by atoms with Crippen LogP contribution < -0.4 is 5.32 Å². The molecule has 1 saturated carbocycles. The molecule has 0 bridgehead atoms. The summed E-state index contributed by atoms with van der Waals surface area (Å²) in [6.45, 7) is 6.34. The molecule has 2 aromatic rings. The zero-order valence-corrected chi connectivity index (χ0v) is 17.8. The second kappa shape index (κ2) is 9.73. The van der Waals surface area contributed by atoms with Crippen molar-refractivity contribution < 1.29 is 9.59 Å². The number of aryl methyl sites for hydroxylation is 2. The highest BCUT2D eigenvalue weighted by atomic mass is 16.2. The zero-order chi connectivity index (χ0) is 20.8. The molecule has 2 aromatic carbocycles. The molecule has 0 heterocycles. The summed E-state index contributed by atoms with van der Waals surface area (Å²) in [5.41, 5.74) is 4.30. The smallest absolute Gasteiger partial charge is 0.242 e. The van der Waals surface area contributed by atoms with Crippen LogP contribution in [0.3, 0.4) is 0 Å². The van der Waals surface area contributed by atoms with Crippen molar-refractivity contribution in [2.24, 2.45) is 0 Å². The number of amides is 2. The molecule has 1 aliphatic carbocycles. The van der Waals surface area contributed by atoms with Crippen LogP contribution in [-0.2, 0) is 22.6 Å². The summed E-state index contributed by atoms with van der Waals surface area (Å²) in [6.07, 6.45) is 4.71. The van der Waals surface area contributed by atoms with Crippen LogP contribution in [0, 0.1) is 13.8 Å². The summed E-state index contributed by atoms with van der Waals surface area (Å²) >= 11 is 0. The third-order valence-corrected chi connectivity index (χ3v) is 5.91. The molecule has 4 heteroatoms. The molecule has 0 aromatic heterocycles. The molecule has 0 radical (unpaired) electrons. The van der Waals surface area contributed by atoms with Gasteiger partial charge in [0.25, 0.3) is 0 Å². The van der Waals surface area contributed by atoms with Crippen LogP contribution in [0.2, 0.25) is 0 Å². The number of benzene rings is 2. The number of hydrogen-bond donors (Lipinski definition) is 1. The lowest BCUT2D eigenvalue weighted by Gasteiger charge is -2.30. The molecule has 2 amide bonds. The third kappa shape index (κ3) is 5.69. The molecule has 1 unspecified atom stereocenters. The second-order valence-corrected chi connectivity index (χ2v) is 8.28. The SMILES string of the molecule is Cc1cccc(CN(C(=O)Cc2ccccc2C)C(C)C(=O)NC2CCCC2)c1. The molecular weight excluding hydrogens is 360 g/mol. The minimum Gasteiger partial charge on any atom is -0.352 e. The Hall–Kier alpha value is -2.62. The quantitative estimate of drug-likeness (QED) is 0.763. The van der Waals surface area contributed by atoms with Crippen LogP contribution in [0.25, 0.3) is 0 Å². The molecule has 1 atom stereocenters. The summed E-state index contributed by atoms with van der Waals surface area (Å²) in [4.78, 5) is 27.9. The largest absolute Gasteiger partial charge is 0.352 e. The van der Waals surface area contributed by atoms with Gasteiger partial charge in [0.05, 0.1) is 6.42 Å². The van der Waals surface area contributed by atoms with Gasteiger partial charge in [-0.15, -0.1) is 0 Å². The van der Waals surface area contributed by atoms with Crippen LogP contribution in [0.4, 0.5) is 0 Å². The van der Waals surface area contributed by atoms with Crippen molar-refractivity contribution in [2.75, 3.05) is 0 Å². The number of carbonyl (C=O) groups is 2. The molecule has 29 heavy (non-hydrogen) atoms. The summed E-state index contributed by atoms with van der Waals surface area (Å²) in [7, 11) is 0. The van der Waals surface area contributed by atoms with E-state index >= 15 is 0 Å². The van der Waals surface area contributed by atoms with Gasteiger partial charge in [-0.1, -0.05) is 66.9 Å². The van der Waals surface area contributed by atoms with Gasteiger partial charge in [-0.25, -0.2) is 0 Å². The monoisotopic (exact) mass is 392 g/mol. The minimum atomic E-state index is -0.507. The Morgan fingerprint density at radius 3 is 2.48 bits per heavy atom. The van der Waals surface area contributed by atoms with Crippen LogP contribution in [0.5, 0.6) is 0 Å². The van der Waals surface area contributed by atoms with Gasteiger partial charge in [-0.3, -0.25) is 9.59 Å². The summed E-state index contributed by atoms with van der Waals surface area (Å²) in [6, 6.07) is 15.8. The van der Waals surface area contributed by atoms with Crippen molar-refractivity contribution in [3.63, 3.8) is 0 Å². The summed E-state index contributed by atoms with van der Waals surface area (Å²) in [5.74, 6) is -0.0717. The maximum absolute atomic E-state index is 13.3. The van der Waals surface area contributed by atoms with E-state index in [0.29, 0.717) is 13.0 Å². The first-order chi connectivity index (χ1) is 13.9. The molecular formula is C25H32N2O2. The molecule has 0 spiro atoms.